The predicted molar refractivity (Wildman–Crippen MR) is 101 cm³/mol. The molecule has 1 aliphatic heterocycles. The van der Waals surface area contributed by atoms with E-state index >= 15 is 0 Å². The first-order valence-corrected chi connectivity index (χ1v) is 10.5. The SMILES string of the molecule is CC(=O)c1ccc(S(=O)(=O)Nc2ccc3c(c2)OC2(CCCCC2)O3)cc1. The molecule has 4 rings (SSSR count). The van der Waals surface area contributed by atoms with Crippen LogP contribution in [0.4, 0.5) is 5.69 Å². The minimum atomic E-state index is -3.76. The molecule has 7 heteroatoms. The highest BCUT2D eigenvalue weighted by molar-refractivity contribution is 7.92. The van der Waals surface area contributed by atoms with Gasteiger partial charge in [-0.25, -0.2) is 8.42 Å². The summed E-state index contributed by atoms with van der Waals surface area (Å²) in [5.74, 6) is 0.495. The predicted octanol–water partition coefficient (Wildman–Crippen LogP) is 4.12. The number of hydrogen-bond donors (Lipinski definition) is 1. The van der Waals surface area contributed by atoms with Crippen LogP contribution in [0.5, 0.6) is 11.5 Å². The van der Waals surface area contributed by atoms with Crippen LogP contribution in [0.3, 0.4) is 0 Å². The first kappa shape index (κ1) is 17.9. The van der Waals surface area contributed by atoms with E-state index < -0.39 is 15.8 Å². The maximum atomic E-state index is 12.6. The number of carbonyl (C=O) groups excluding carboxylic acids is 1. The summed E-state index contributed by atoms with van der Waals surface area (Å²) in [5.41, 5.74) is 0.871. The molecule has 142 valence electrons. The van der Waals surface area contributed by atoms with E-state index in [1.165, 1.54) is 37.6 Å². The lowest BCUT2D eigenvalue weighted by Gasteiger charge is -2.31. The Morgan fingerprint density at radius 1 is 0.963 bits per heavy atom. The van der Waals surface area contributed by atoms with Crippen LogP contribution in [0.1, 0.15) is 49.4 Å². The lowest BCUT2D eigenvalue weighted by atomic mass is 9.94. The van der Waals surface area contributed by atoms with E-state index in [9.17, 15) is 13.2 Å². The van der Waals surface area contributed by atoms with Gasteiger partial charge in [0.1, 0.15) is 0 Å². The molecule has 1 saturated carbocycles. The zero-order valence-electron chi connectivity index (χ0n) is 15.0. The molecular formula is C20H21NO5S. The average Bonchev–Trinajstić information content (AvgIpc) is 2.98. The van der Waals surface area contributed by atoms with Gasteiger partial charge in [0.05, 0.1) is 10.6 Å². The molecule has 2 aromatic rings. The van der Waals surface area contributed by atoms with Crippen LogP contribution >= 0.6 is 0 Å². The largest absolute Gasteiger partial charge is 0.448 e. The van der Waals surface area contributed by atoms with E-state index in [-0.39, 0.29) is 10.7 Å². The molecule has 1 fully saturated rings. The summed E-state index contributed by atoms with van der Waals surface area (Å²) >= 11 is 0. The van der Waals surface area contributed by atoms with Gasteiger partial charge in [0.2, 0.25) is 0 Å². The van der Waals surface area contributed by atoms with E-state index in [2.05, 4.69) is 4.72 Å². The summed E-state index contributed by atoms with van der Waals surface area (Å²) < 4.78 is 39.8. The molecule has 2 aliphatic rings. The smallest absolute Gasteiger partial charge is 0.261 e. The van der Waals surface area contributed by atoms with Gasteiger partial charge in [-0.15, -0.1) is 0 Å². The Bertz CT molecular complexity index is 976. The molecule has 0 bridgehead atoms. The van der Waals surface area contributed by atoms with Crippen LogP contribution in [0.2, 0.25) is 0 Å². The number of rotatable bonds is 4. The van der Waals surface area contributed by atoms with Crippen molar-refractivity contribution in [1.82, 2.24) is 0 Å². The molecule has 0 radical (unpaired) electrons. The topological polar surface area (TPSA) is 81.7 Å². The minimum Gasteiger partial charge on any atom is -0.448 e. The summed E-state index contributed by atoms with van der Waals surface area (Å²) in [6.07, 6.45) is 4.97. The zero-order chi connectivity index (χ0) is 19.1. The molecule has 0 saturated heterocycles. The fraction of sp³-hybridized carbons (Fsp3) is 0.350. The van der Waals surface area contributed by atoms with Crippen molar-refractivity contribution in [3.8, 4) is 11.5 Å². The van der Waals surface area contributed by atoms with Gasteiger partial charge in [0.25, 0.3) is 15.8 Å². The Kier molecular flexibility index (Phi) is 4.34. The Balaban J connectivity index is 1.54. The highest BCUT2D eigenvalue weighted by Crippen LogP contribution is 2.46. The van der Waals surface area contributed by atoms with Gasteiger partial charge in [0.15, 0.2) is 17.3 Å². The molecule has 1 aliphatic carbocycles. The summed E-state index contributed by atoms with van der Waals surface area (Å²) in [7, 11) is -3.76. The molecule has 0 amide bonds. The second-order valence-corrected chi connectivity index (χ2v) is 8.71. The first-order valence-electron chi connectivity index (χ1n) is 9.03. The second-order valence-electron chi connectivity index (χ2n) is 7.02. The molecular weight excluding hydrogens is 366 g/mol. The van der Waals surface area contributed by atoms with Crippen LogP contribution < -0.4 is 14.2 Å². The Morgan fingerprint density at radius 2 is 1.63 bits per heavy atom. The number of Topliss-reactive ketones (excluding diaryl/α,β-unsaturated/α-hetero) is 1. The van der Waals surface area contributed by atoms with Crippen molar-refractivity contribution in [3.63, 3.8) is 0 Å². The van der Waals surface area contributed by atoms with Gasteiger partial charge in [-0.3, -0.25) is 9.52 Å². The van der Waals surface area contributed by atoms with Crippen LogP contribution in [0, 0.1) is 0 Å². The lowest BCUT2D eigenvalue weighted by Crippen LogP contribution is -2.40. The van der Waals surface area contributed by atoms with Crippen molar-refractivity contribution in [2.45, 2.75) is 49.7 Å². The van der Waals surface area contributed by atoms with E-state index in [1.807, 2.05) is 0 Å². The van der Waals surface area contributed by atoms with E-state index in [1.54, 1.807) is 18.2 Å². The highest BCUT2D eigenvalue weighted by atomic mass is 32.2. The zero-order valence-corrected chi connectivity index (χ0v) is 15.8. The normalized spacial score (nSPS) is 17.7. The van der Waals surface area contributed by atoms with E-state index in [0.29, 0.717) is 22.7 Å². The molecule has 0 unspecified atom stereocenters. The van der Waals surface area contributed by atoms with Crippen molar-refractivity contribution in [2.75, 3.05) is 4.72 Å². The van der Waals surface area contributed by atoms with Crippen LogP contribution in [0.25, 0.3) is 0 Å². The van der Waals surface area contributed by atoms with Crippen molar-refractivity contribution < 1.29 is 22.7 Å². The Hall–Kier alpha value is -2.54. The van der Waals surface area contributed by atoms with Crippen LogP contribution in [-0.4, -0.2) is 20.0 Å². The lowest BCUT2D eigenvalue weighted by molar-refractivity contribution is -0.105. The van der Waals surface area contributed by atoms with Crippen LogP contribution in [0.15, 0.2) is 47.4 Å². The molecule has 27 heavy (non-hydrogen) atoms. The minimum absolute atomic E-state index is 0.0916. The van der Waals surface area contributed by atoms with E-state index in [4.69, 9.17) is 9.47 Å². The third-order valence-corrected chi connectivity index (χ3v) is 6.37. The number of carbonyl (C=O) groups is 1. The third-order valence-electron chi connectivity index (χ3n) is 4.97. The highest BCUT2D eigenvalue weighted by Gasteiger charge is 2.42. The molecule has 6 nitrogen and oxygen atoms in total. The fourth-order valence-electron chi connectivity index (χ4n) is 3.53. The summed E-state index contributed by atoms with van der Waals surface area (Å²) in [4.78, 5) is 11.4. The molecule has 2 aromatic carbocycles. The van der Waals surface area contributed by atoms with Gasteiger partial charge in [-0.05, 0) is 44.0 Å². The number of sulfonamides is 1. The van der Waals surface area contributed by atoms with Gasteiger partial charge in [0, 0.05) is 24.5 Å². The second kappa shape index (κ2) is 6.56. The van der Waals surface area contributed by atoms with E-state index in [0.717, 1.165) is 25.7 Å². The van der Waals surface area contributed by atoms with Gasteiger partial charge < -0.3 is 9.47 Å². The number of nitrogens with one attached hydrogen (secondary N) is 1. The number of benzene rings is 2. The molecule has 0 atom stereocenters. The standard InChI is InChI=1S/C20H21NO5S/c1-14(22)15-5-8-17(9-6-15)27(23,24)21-16-7-10-18-19(13-16)26-20(25-18)11-3-2-4-12-20/h5-10,13,21H,2-4,11-12H2,1H3. The number of ether oxygens (including phenoxy) is 2. The van der Waals surface area contributed by atoms with Gasteiger partial charge >= 0.3 is 0 Å². The van der Waals surface area contributed by atoms with Crippen LogP contribution in [-0.2, 0) is 10.0 Å². The number of anilines is 1. The third kappa shape index (κ3) is 3.51. The van der Waals surface area contributed by atoms with Crippen molar-refractivity contribution >= 4 is 21.5 Å². The Morgan fingerprint density at radius 3 is 2.30 bits per heavy atom. The molecule has 0 aromatic heterocycles. The molecule has 1 N–H and O–H groups in total. The summed E-state index contributed by atoms with van der Waals surface area (Å²) in [6, 6.07) is 10.9. The number of fused-ring (bicyclic) bond motifs is 1. The molecule has 1 spiro atoms. The summed E-state index contributed by atoms with van der Waals surface area (Å²) in [5, 5.41) is 0. The van der Waals surface area contributed by atoms with Gasteiger partial charge in [-0.2, -0.15) is 0 Å². The fourth-order valence-corrected chi connectivity index (χ4v) is 4.58. The van der Waals surface area contributed by atoms with Crippen molar-refractivity contribution in [3.05, 3.63) is 48.0 Å². The number of hydrogen-bond acceptors (Lipinski definition) is 5. The first-order chi connectivity index (χ1) is 12.9. The quantitative estimate of drug-likeness (QED) is 0.798. The van der Waals surface area contributed by atoms with Gasteiger partial charge in [-0.1, -0.05) is 18.6 Å². The molecule has 1 heterocycles. The average molecular weight is 387 g/mol. The maximum absolute atomic E-state index is 12.6. The van der Waals surface area contributed by atoms with Crippen molar-refractivity contribution in [2.24, 2.45) is 0 Å². The monoisotopic (exact) mass is 387 g/mol. The number of ketones is 1. The summed E-state index contributed by atoms with van der Waals surface area (Å²) in [6.45, 7) is 1.44. The maximum Gasteiger partial charge on any atom is 0.261 e. The van der Waals surface area contributed by atoms with Crippen molar-refractivity contribution in [1.29, 1.82) is 0 Å². The Labute approximate surface area is 158 Å².